The van der Waals surface area contributed by atoms with Crippen molar-refractivity contribution in [1.29, 1.82) is 5.26 Å². The summed E-state index contributed by atoms with van der Waals surface area (Å²) < 4.78 is 1.74. The van der Waals surface area contributed by atoms with Crippen LogP contribution in [0.15, 0.2) is 30.0 Å². The second-order valence-corrected chi connectivity index (χ2v) is 5.52. The van der Waals surface area contributed by atoms with Gasteiger partial charge in [0, 0.05) is 11.4 Å². The first-order valence-corrected chi connectivity index (χ1v) is 7.56. The third kappa shape index (κ3) is 3.01. The van der Waals surface area contributed by atoms with E-state index in [9.17, 15) is 0 Å². The molecule has 3 heterocycles. The molecule has 106 valence electrons. The van der Waals surface area contributed by atoms with Gasteiger partial charge in [-0.2, -0.15) is 10.4 Å². The van der Waals surface area contributed by atoms with Crippen LogP contribution in [0.25, 0.3) is 11.0 Å². The van der Waals surface area contributed by atoms with Crippen LogP contribution in [0.2, 0.25) is 0 Å². The zero-order valence-corrected chi connectivity index (χ0v) is 12.2. The molecular weight excluding hydrogens is 284 g/mol. The molecule has 0 radical (unpaired) electrons. The van der Waals surface area contributed by atoms with Gasteiger partial charge < -0.3 is 5.32 Å². The number of thiophene rings is 1. The van der Waals surface area contributed by atoms with Crippen LogP contribution in [0.5, 0.6) is 0 Å². The van der Waals surface area contributed by atoms with Gasteiger partial charge in [0.2, 0.25) is 0 Å². The number of fused-ring (bicyclic) bond motifs is 1. The zero-order valence-electron chi connectivity index (χ0n) is 11.4. The largest absolute Gasteiger partial charge is 0.369 e. The average molecular weight is 298 g/mol. The average Bonchev–Trinajstić information content (AvgIpc) is 3.15. The molecule has 0 spiro atoms. The first-order chi connectivity index (χ1) is 10.4. The molecule has 7 heteroatoms. The lowest BCUT2D eigenvalue weighted by Gasteiger charge is -2.05. The first kappa shape index (κ1) is 13.5. The third-order valence-electron chi connectivity index (χ3n) is 3.11. The minimum absolute atomic E-state index is 0.419. The maximum absolute atomic E-state index is 8.66. The predicted octanol–water partition coefficient (Wildman–Crippen LogP) is 2.46. The molecule has 3 rings (SSSR count). The van der Waals surface area contributed by atoms with Gasteiger partial charge >= 0.3 is 0 Å². The predicted molar refractivity (Wildman–Crippen MR) is 82.1 cm³/mol. The van der Waals surface area contributed by atoms with E-state index in [0.717, 1.165) is 29.8 Å². The van der Waals surface area contributed by atoms with Crippen LogP contribution in [0.3, 0.4) is 0 Å². The second kappa shape index (κ2) is 6.33. The number of rotatable bonds is 6. The maximum atomic E-state index is 8.66. The molecule has 3 aromatic heterocycles. The number of anilines is 1. The van der Waals surface area contributed by atoms with Crippen LogP contribution in [0.1, 0.15) is 11.3 Å². The van der Waals surface area contributed by atoms with Crippen LogP contribution in [0, 0.1) is 11.3 Å². The highest BCUT2D eigenvalue weighted by Gasteiger charge is 2.09. The molecule has 0 aliphatic carbocycles. The lowest BCUT2D eigenvalue weighted by molar-refractivity contribution is 0.643. The van der Waals surface area contributed by atoms with E-state index >= 15 is 0 Å². The molecule has 0 aromatic carbocycles. The van der Waals surface area contributed by atoms with Gasteiger partial charge in [-0.25, -0.2) is 14.6 Å². The minimum Gasteiger partial charge on any atom is -0.369 e. The van der Waals surface area contributed by atoms with Crippen LogP contribution in [0.4, 0.5) is 5.82 Å². The summed E-state index contributed by atoms with van der Waals surface area (Å²) in [7, 11) is 0. The van der Waals surface area contributed by atoms with Gasteiger partial charge in [-0.3, -0.25) is 0 Å². The molecule has 0 saturated carbocycles. The fourth-order valence-corrected chi connectivity index (χ4v) is 2.82. The number of nitrogens with zero attached hydrogens (tertiary/aromatic N) is 5. The van der Waals surface area contributed by atoms with Crippen molar-refractivity contribution in [3.05, 3.63) is 34.9 Å². The molecule has 1 N–H and O–H groups in total. The lowest BCUT2D eigenvalue weighted by Crippen LogP contribution is -2.06. The molecule has 6 nitrogen and oxygen atoms in total. The molecule has 0 saturated heterocycles. The highest BCUT2D eigenvalue weighted by molar-refractivity contribution is 7.09. The molecule has 3 aromatic rings. The van der Waals surface area contributed by atoms with Gasteiger partial charge in [0.1, 0.15) is 12.1 Å². The van der Waals surface area contributed by atoms with Gasteiger partial charge in [-0.15, -0.1) is 11.3 Å². The minimum atomic E-state index is 0.419. The Balaban J connectivity index is 1.73. The molecule has 0 aliphatic heterocycles. The molecule has 0 atom stereocenters. The second-order valence-electron chi connectivity index (χ2n) is 4.49. The van der Waals surface area contributed by atoms with Crippen molar-refractivity contribution in [2.75, 3.05) is 11.9 Å². The Morgan fingerprint density at radius 1 is 1.38 bits per heavy atom. The Morgan fingerprint density at radius 2 is 2.33 bits per heavy atom. The maximum Gasteiger partial charge on any atom is 0.163 e. The summed E-state index contributed by atoms with van der Waals surface area (Å²) in [6.07, 6.45) is 4.66. The first-order valence-electron chi connectivity index (χ1n) is 6.68. The SMILES string of the molecule is N#CCCn1ncc2c(NCCc3cccs3)ncnc21. The van der Waals surface area contributed by atoms with Crippen molar-refractivity contribution in [3.63, 3.8) is 0 Å². The molecule has 0 unspecified atom stereocenters. The van der Waals surface area contributed by atoms with E-state index in [4.69, 9.17) is 5.26 Å². The van der Waals surface area contributed by atoms with Crippen LogP contribution in [-0.2, 0) is 13.0 Å². The highest BCUT2D eigenvalue weighted by atomic mass is 32.1. The summed E-state index contributed by atoms with van der Waals surface area (Å²) in [4.78, 5) is 9.88. The number of aryl methyl sites for hydroxylation is 1. The summed E-state index contributed by atoms with van der Waals surface area (Å²) in [6.45, 7) is 1.36. The smallest absolute Gasteiger partial charge is 0.163 e. The van der Waals surface area contributed by atoms with E-state index in [1.54, 1.807) is 22.2 Å². The number of nitrogens with one attached hydrogen (secondary N) is 1. The fourth-order valence-electron chi connectivity index (χ4n) is 2.11. The summed E-state index contributed by atoms with van der Waals surface area (Å²) >= 11 is 1.76. The summed E-state index contributed by atoms with van der Waals surface area (Å²) in [5.41, 5.74) is 0.763. The van der Waals surface area contributed by atoms with Gasteiger partial charge in [-0.1, -0.05) is 6.07 Å². The summed E-state index contributed by atoms with van der Waals surface area (Å²) in [5, 5.41) is 19.2. The van der Waals surface area contributed by atoms with Crippen LogP contribution < -0.4 is 5.32 Å². The van der Waals surface area contributed by atoms with Crippen LogP contribution in [-0.4, -0.2) is 26.3 Å². The fraction of sp³-hybridized carbons (Fsp3) is 0.286. The third-order valence-corrected chi connectivity index (χ3v) is 4.05. The van der Waals surface area contributed by atoms with E-state index in [-0.39, 0.29) is 0 Å². The lowest BCUT2D eigenvalue weighted by atomic mass is 10.3. The van der Waals surface area contributed by atoms with Crippen molar-refractivity contribution in [2.24, 2.45) is 0 Å². The number of hydrogen-bond acceptors (Lipinski definition) is 6. The molecule has 0 bridgehead atoms. The van der Waals surface area contributed by atoms with Gasteiger partial charge in [0.25, 0.3) is 0 Å². The number of hydrogen-bond donors (Lipinski definition) is 1. The quantitative estimate of drug-likeness (QED) is 0.756. The van der Waals surface area contributed by atoms with Gasteiger partial charge in [0.05, 0.1) is 30.6 Å². The van der Waals surface area contributed by atoms with E-state index in [0.29, 0.717) is 13.0 Å². The monoisotopic (exact) mass is 298 g/mol. The van der Waals surface area contributed by atoms with Crippen molar-refractivity contribution >= 4 is 28.2 Å². The van der Waals surface area contributed by atoms with Crippen molar-refractivity contribution in [1.82, 2.24) is 19.7 Å². The summed E-state index contributed by atoms with van der Waals surface area (Å²) in [5.74, 6) is 0.791. The topological polar surface area (TPSA) is 79.4 Å². The Kier molecular flexibility index (Phi) is 4.07. The van der Waals surface area contributed by atoms with E-state index in [2.05, 4.69) is 44.0 Å². The molecule has 0 fully saturated rings. The van der Waals surface area contributed by atoms with Crippen molar-refractivity contribution in [2.45, 2.75) is 19.4 Å². The van der Waals surface area contributed by atoms with E-state index in [1.165, 1.54) is 11.2 Å². The number of aromatic nitrogens is 4. The van der Waals surface area contributed by atoms with Crippen molar-refractivity contribution in [3.8, 4) is 6.07 Å². The molecule has 0 aliphatic rings. The Hall–Kier alpha value is -2.46. The summed E-state index contributed by atoms with van der Waals surface area (Å²) in [6, 6.07) is 6.30. The van der Waals surface area contributed by atoms with Crippen molar-refractivity contribution < 1.29 is 0 Å². The Morgan fingerprint density at radius 3 is 3.14 bits per heavy atom. The standard InChI is InChI=1S/C14H14N6S/c15-5-2-7-20-14-12(9-19-20)13(17-10-18-14)16-6-4-11-3-1-8-21-11/h1,3,8-10H,2,4,6-7H2,(H,16,17,18). The Bertz CT molecular complexity index is 755. The molecule has 21 heavy (non-hydrogen) atoms. The van der Waals surface area contributed by atoms with E-state index < -0.39 is 0 Å². The molecule has 0 amide bonds. The number of nitriles is 1. The molecular formula is C14H14N6S. The normalized spacial score (nSPS) is 10.6. The van der Waals surface area contributed by atoms with Crippen LogP contribution >= 0.6 is 11.3 Å². The zero-order chi connectivity index (χ0) is 14.5. The van der Waals surface area contributed by atoms with Gasteiger partial charge in [-0.05, 0) is 17.9 Å². The van der Waals surface area contributed by atoms with Gasteiger partial charge in [0.15, 0.2) is 5.65 Å². The Labute approximate surface area is 126 Å². The highest BCUT2D eigenvalue weighted by Crippen LogP contribution is 2.19. The van der Waals surface area contributed by atoms with E-state index in [1.807, 2.05) is 0 Å².